The zero-order valence-corrected chi connectivity index (χ0v) is 19.3. The van der Waals surface area contributed by atoms with Crippen molar-refractivity contribution >= 4 is 11.9 Å². The fourth-order valence-electron chi connectivity index (χ4n) is 5.03. The highest BCUT2D eigenvalue weighted by atomic mass is 16.4. The molecular weight excluding hydrogens is 418 g/mol. The number of rotatable bonds is 5. The van der Waals surface area contributed by atoms with E-state index in [1.165, 1.54) is 0 Å². The van der Waals surface area contributed by atoms with E-state index in [2.05, 4.69) is 24.1 Å². The monoisotopic (exact) mass is 451 g/mol. The number of amides is 1. The number of piperazine rings is 1. The summed E-state index contributed by atoms with van der Waals surface area (Å²) >= 11 is 0. The lowest BCUT2D eigenvalue weighted by Crippen LogP contribution is -2.55. The second-order valence-corrected chi connectivity index (χ2v) is 9.38. The normalized spacial score (nSPS) is 23.3. The molecule has 2 aromatic rings. The van der Waals surface area contributed by atoms with E-state index in [9.17, 15) is 19.8 Å². The van der Waals surface area contributed by atoms with Gasteiger partial charge in [-0.1, -0.05) is 24.3 Å². The standard InChI is InChI=1S/C26H33N3O4/c1-17-16-29(18(2)15-27-17)24(21-6-4-8-23(30)14-21)20-5-3-7-22(13-20)25(31)28-11-9-19(10-12-28)26(32)33/h3-8,13-14,17-19,24,27,30H,9-12,15-16H2,1-2H3,(H,32,33)/t17-,18+,24-/m1/s1. The van der Waals surface area contributed by atoms with Gasteiger partial charge < -0.3 is 20.4 Å². The van der Waals surface area contributed by atoms with Gasteiger partial charge >= 0.3 is 5.97 Å². The van der Waals surface area contributed by atoms with Gasteiger partial charge in [0.05, 0.1) is 12.0 Å². The first-order chi connectivity index (χ1) is 15.8. The van der Waals surface area contributed by atoms with Gasteiger partial charge in [-0.05, 0) is 62.1 Å². The van der Waals surface area contributed by atoms with Gasteiger partial charge in [-0.3, -0.25) is 14.5 Å². The second-order valence-electron chi connectivity index (χ2n) is 9.38. The molecule has 0 spiro atoms. The average molecular weight is 452 g/mol. The third-order valence-corrected chi connectivity index (χ3v) is 6.91. The number of aromatic hydroxyl groups is 1. The molecule has 7 heteroatoms. The van der Waals surface area contributed by atoms with E-state index in [-0.39, 0.29) is 29.7 Å². The molecule has 3 N–H and O–H groups in total. The molecule has 0 aromatic heterocycles. The maximum absolute atomic E-state index is 13.2. The number of likely N-dealkylation sites (tertiary alicyclic amines) is 1. The Hall–Kier alpha value is -2.90. The van der Waals surface area contributed by atoms with Crippen molar-refractivity contribution in [3.05, 3.63) is 65.2 Å². The molecule has 7 nitrogen and oxygen atoms in total. The van der Waals surface area contributed by atoms with Gasteiger partial charge in [0.25, 0.3) is 5.91 Å². The number of nitrogens with one attached hydrogen (secondary N) is 1. The molecule has 2 saturated heterocycles. The molecule has 0 radical (unpaired) electrons. The van der Waals surface area contributed by atoms with Gasteiger partial charge in [-0.25, -0.2) is 0 Å². The van der Waals surface area contributed by atoms with E-state index in [0.717, 1.165) is 24.2 Å². The fourth-order valence-corrected chi connectivity index (χ4v) is 5.03. The summed E-state index contributed by atoms with van der Waals surface area (Å²) in [5.74, 6) is -0.983. The van der Waals surface area contributed by atoms with E-state index < -0.39 is 5.97 Å². The number of carbonyl (C=O) groups is 2. The first-order valence-corrected chi connectivity index (χ1v) is 11.7. The first kappa shape index (κ1) is 23.3. The Kier molecular flexibility index (Phi) is 7.00. The topological polar surface area (TPSA) is 93.1 Å². The largest absolute Gasteiger partial charge is 0.508 e. The Morgan fingerprint density at radius 3 is 2.36 bits per heavy atom. The highest BCUT2D eigenvalue weighted by Gasteiger charge is 2.32. The van der Waals surface area contributed by atoms with Crippen LogP contribution in [0, 0.1) is 5.92 Å². The molecule has 3 atom stereocenters. The number of benzene rings is 2. The summed E-state index contributed by atoms with van der Waals surface area (Å²) in [5.41, 5.74) is 2.61. The molecule has 4 rings (SSSR count). The van der Waals surface area contributed by atoms with Crippen LogP contribution in [0.2, 0.25) is 0 Å². The van der Waals surface area contributed by atoms with Crippen molar-refractivity contribution in [3.8, 4) is 5.75 Å². The summed E-state index contributed by atoms with van der Waals surface area (Å²) in [6.07, 6.45) is 0.978. The van der Waals surface area contributed by atoms with Crippen LogP contribution in [0.15, 0.2) is 48.5 Å². The van der Waals surface area contributed by atoms with Crippen molar-refractivity contribution < 1.29 is 19.8 Å². The fraction of sp³-hybridized carbons (Fsp3) is 0.462. The van der Waals surface area contributed by atoms with Gasteiger partial charge in [0, 0.05) is 43.8 Å². The molecule has 0 saturated carbocycles. The van der Waals surface area contributed by atoms with Crippen LogP contribution in [0.25, 0.3) is 0 Å². The number of phenolic OH excluding ortho intramolecular Hbond substituents is 1. The van der Waals surface area contributed by atoms with Crippen LogP contribution in [-0.2, 0) is 4.79 Å². The number of carbonyl (C=O) groups excluding carboxylic acids is 1. The maximum Gasteiger partial charge on any atom is 0.306 e. The molecule has 33 heavy (non-hydrogen) atoms. The number of aliphatic carboxylic acids is 1. The zero-order valence-electron chi connectivity index (χ0n) is 19.3. The molecule has 0 bridgehead atoms. The van der Waals surface area contributed by atoms with Crippen molar-refractivity contribution in [1.29, 1.82) is 0 Å². The lowest BCUT2D eigenvalue weighted by atomic mass is 9.92. The van der Waals surface area contributed by atoms with Gasteiger partial charge in [0.1, 0.15) is 5.75 Å². The Bertz CT molecular complexity index is 1000. The van der Waals surface area contributed by atoms with Crippen molar-refractivity contribution in [2.24, 2.45) is 5.92 Å². The highest BCUT2D eigenvalue weighted by Crippen LogP contribution is 2.34. The number of hydrogen-bond acceptors (Lipinski definition) is 5. The van der Waals surface area contributed by atoms with Crippen molar-refractivity contribution in [2.75, 3.05) is 26.2 Å². The number of carboxylic acids is 1. The van der Waals surface area contributed by atoms with Crippen LogP contribution in [-0.4, -0.2) is 70.2 Å². The van der Waals surface area contributed by atoms with Crippen LogP contribution in [0.3, 0.4) is 0 Å². The van der Waals surface area contributed by atoms with Crippen molar-refractivity contribution in [3.63, 3.8) is 0 Å². The predicted octanol–water partition coefficient (Wildman–Crippen LogP) is 3.10. The molecule has 0 unspecified atom stereocenters. The third-order valence-electron chi connectivity index (χ3n) is 6.91. The quantitative estimate of drug-likeness (QED) is 0.647. The summed E-state index contributed by atoms with van der Waals surface area (Å²) in [7, 11) is 0. The zero-order chi connectivity index (χ0) is 23.5. The number of carboxylic acid groups (broad SMARTS) is 1. The molecule has 0 aliphatic carbocycles. The van der Waals surface area contributed by atoms with Gasteiger partial charge in [-0.15, -0.1) is 0 Å². The number of phenols is 1. The first-order valence-electron chi connectivity index (χ1n) is 11.7. The predicted molar refractivity (Wildman–Crippen MR) is 126 cm³/mol. The van der Waals surface area contributed by atoms with Crippen molar-refractivity contribution in [1.82, 2.24) is 15.1 Å². The van der Waals surface area contributed by atoms with Crippen LogP contribution in [0.4, 0.5) is 0 Å². The summed E-state index contributed by atoms with van der Waals surface area (Å²) in [6.45, 7) is 7.00. The molecule has 176 valence electrons. The van der Waals surface area contributed by atoms with Gasteiger partial charge in [0.15, 0.2) is 0 Å². The van der Waals surface area contributed by atoms with Crippen LogP contribution in [0.5, 0.6) is 5.75 Å². The Balaban J connectivity index is 1.64. The van der Waals surface area contributed by atoms with Crippen LogP contribution >= 0.6 is 0 Å². The summed E-state index contributed by atoms with van der Waals surface area (Å²) in [6, 6.07) is 15.6. The Morgan fingerprint density at radius 1 is 1.03 bits per heavy atom. The number of nitrogens with zero attached hydrogens (tertiary/aromatic N) is 2. The average Bonchev–Trinajstić information content (AvgIpc) is 2.81. The molecule has 2 aliphatic heterocycles. The lowest BCUT2D eigenvalue weighted by Gasteiger charge is -2.43. The summed E-state index contributed by atoms with van der Waals surface area (Å²) < 4.78 is 0. The molecule has 1 amide bonds. The Labute approximate surface area is 195 Å². The summed E-state index contributed by atoms with van der Waals surface area (Å²) in [5, 5.41) is 22.9. The smallest absolute Gasteiger partial charge is 0.306 e. The second kappa shape index (κ2) is 9.93. The van der Waals surface area contributed by atoms with E-state index in [0.29, 0.717) is 37.5 Å². The summed E-state index contributed by atoms with van der Waals surface area (Å²) in [4.78, 5) is 28.7. The minimum absolute atomic E-state index is 0.0583. The minimum atomic E-state index is -0.780. The molecular formula is C26H33N3O4. The third kappa shape index (κ3) is 5.20. The Morgan fingerprint density at radius 2 is 1.70 bits per heavy atom. The SMILES string of the molecule is C[C@@H]1CN([C@@H](c2cccc(O)c2)c2cccc(C(=O)N3CCC(C(=O)O)CC3)c2)[C@@H](C)CN1. The molecule has 2 aliphatic rings. The van der Waals surface area contributed by atoms with Gasteiger partial charge in [-0.2, -0.15) is 0 Å². The van der Waals surface area contributed by atoms with Crippen LogP contribution < -0.4 is 5.32 Å². The van der Waals surface area contributed by atoms with E-state index in [4.69, 9.17) is 0 Å². The van der Waals surface area contributed by atoms with E-state index in [1.807, 2.05) is 36.4 Å². The lowest BCUT2D eigenvalue weighted by molar-refractivity contribution is -0.143. The van der Waals surface area contributed by atoms with Gasteiger partial charge in [0.2, 0.25) is 0 Å². The van der Waals surface area contributed by atoms with Crippen LogP contribution in [0.1, 0.15) is 54.2 Å². The van der Waals surface area contributed by atoms with E-state index in [1.54, 1.807) is 17.0 Å². The molecule has 2 aromatic carbocycles. The molecule has 2 fully saturated rings. The maximum atomic E-state index is 13.2. The van der Waals surface area contributed by atoms with E-state index >= 15 is 0 Å². The minimum Gasteiger partial charge on any atom is -0.508 e. The molecule has 2 heterocycles. The highest BCUT2D eigenvalue weighted by molar-refractivity contribution is 5.94. The number of piperidine rings is 1. The number of hydrogen-bond donors (Lipinski definition) is 3. The van der Waals surface area contributed by atoms with Crippen molar-refractivity contribution in [2.45, 2.75) is 44.8 Å².